The van der Waals surface area contributed by atoms with Crippen molar-refractivity contribution in [2.75, 3.05) is 0 Å². The van der Waals surface area contributed by atoms with Crippen LogP contribution in [0.4, 0.5) is 0 Å². The number of nitriles is 1. The first-order valence-electron chi connectivity index (χ1n) is 10.1. The van der Waals surface area contributed by atoms with Gasteiger partial charge in [0.15, 0.2) is 5.16 Å². The average Bonchev–Trinajstić information content (AvgIpc) is 3.17. The van der Waals surface area contributed by atoms with Crippen LogP contribution in [0.1, 0.15) is 34.4 Å². The molecule has 4 aromatic rings. The van der Waals surface area contributed by atoms with Crippen LogP contribution in [0.5, 0.6) is 0 Å². The standard InChI is InChI=1S/C24H18BrN3OS2/c25-17-9-11-18(12-10-17)28-23(29)21-19-3-1-2-4-20(19)31-22(21)27-24(28)30-14-16-7-5-15(13-26)6-8-16/h5-12H,1-4,14H2. The molecular formula is C24H18BrN3OS2. The number of hydrogen-bond donors (Lipinski definition) is 0. The summed E-state index contributed by atoms with van der Waals surface area (Å²) in [7, 11) is 0. The normalized spacial score (nSPS) is 13.2. The van der Waals surface area contributed by atoms with Gasteiger partial charge in [-0.25, -0.2) is 4.98 Å². The molecule has 2 aromatic carbocycles. The highest BCUT2D eigenvalue weighted by Crippen LogP contribution is 2.35. The first-order valence-corrected chi connectivity index (χ1v) is 12.7. The molecule has 0 fully saturated rings. The Morgan fingerprint density at radius 3 is 2.58 bits per heavy atom. The highest BCUT2D eigenvalue weighted by Gasteiger charge is 2.23. The van der Waals surface area contributed by atoms with Crippen molar-refractivity contribution in [1.82, 2.24) is 9.55 Å². The number of thiophene rings is 1. The van der Waals surface area contributed by atoms with Crippen molar-refractivity contribution in [3.05, 3.63) is 84.9 Å². The van der Waals surface area contributed by atoms with Crippen LogP contribution in [0.15, 0.2) is 63.0 Å². The minimum atomic E-state index is 0.0223. The quantitative estimate of drug-likeness (QED) is 0.242. The van der Waals surface area contributed by atoms with E-state index < -0.39 is 0 Å². The molecule has 0 amide bonds. The zero-order chi connectivity index (χ0) is 21.4. The van der Waals surface area contributed by atoms with Crippen molar-refractivity contribution in [3.8, 4) is 11.8 Å². The molecule has 0 saturated heterocycles. The van der Waals surface area contributed by atoms with Gasteiger partial charge >= 0.3 is 0 Å². The summed E-state index contributed by atoms with van der Waals surface area (Å²) in [5, 5.41) is 10.5. The molecule has 31 heavy (non-hydrogen) atoms. The first-order chi connectivity index (χ1) is 15.1. The molecule has 0 N–H and O–H groups in total. The third-order valence-electron chi connectivity index (χ3n) is 5.49. The van der Waals surface area contributed by atoms with E-state index in [1.807, 2.05) is 48.5 Å². The number of thioether (sulfide) groups is 1. The molecule has 0 bridgehead atoms. The van der Waals surface area contributed by atoms with Crippen LogP contribution in [0.3, 0.4) is 0 Å². The van der Waals surface area contributed by atoms with Crippen LogP contribution < -0.4 is 5.56 Å². The number of halogens is 1. The minimum Gasteiger partial charge on any atom is -0.268 e. The van der Waals surface area contributed by atoms with Gasteiger partial charge in [0.2, 0.25) is 0 Å². The zero-order valence-corrected chi connectivity index (χ0v) is 19.8. The van der Waals surface area contributed by atoms with Gasteiger partial charge in [-0.2, -0.15) is 5.26 Å². The number of aryl methyl sites for hydroxylation is 2. The Kier molecular flexibility index (Phi) is 5.70. The fraction of sp³-hybridized carbons (Fsp3) is 0.208. The zero-order valence-electron chi connectivity index (χ0n) is 16.6. The number of aromatic nitrogens is 2. The summed E-state index contributed by atoms with van der Waals surface area (Å²) in [5.41, 5.74) is 3.78. The summed E-state index contributed by atoms with van der Waals surface area (Å²) in [6.07, 6.45) is 4.32. The Morgan fingerprint density at radius 1 is 1.10 bits per heavy atom. The summed E-state index contributed by atoms with van der Waals surface area (Å²) in [5.74, 6) is 0.672. The number of fused-ring (bicyclic) bond motifs is 3. The monoisotopic (exact) mass is 507 g/mol. The van der Waals surface area contributed by atoms with Gasteiger partial charge in [-0.05, 0) is 73.2 Å². The molecule has 4 nitrogen and oxygen atoms in total. The Bertz CT molecular complexity index is 1370. The molecule has 7 heteroatoms. The van der Waals surface area contributed by atoms with Gasteiger partial charge in [-0.15, -0.1) is 11.3 Å². The maximum atomic E-state index is 13.7. The average molecular weight is 508 g/mol. The van der Waals surface area contributed by atoms with E-state index in [0.29, 0.717) is 16.5 Å². The molecule has 2 aromatic heterocycles. The lowest BCUT2D eigenvalue weighted by Crippen LogP contribution is -2.22. The van der Waals surface area contributed by atoms with E-state index in [1.54, 1.807) is 27.7 Å². The number of rotatable bonds is 4. The Morgan fingerprint density at radius 2 is 1.84 bits per heavy atom. The second-order valence-corrected chi connectivity index (χ2v) is 10.4. The number of hydrogen-bond acceptors (Lipinski definition) is 5. The second-order valence-electron chi connectivity index (χ2n) is 7.50. The van der Waals surface area contributed by atoms with Crippen molar-refractivity contribution in [2.24, 2.45) is 0 Å². The summed E-state index contributed by atoms with van der Waals surface area (Å²) >= 11 is 6.71. The second kappa shape index (κ2) is 8.62. The third-order valence-corrected chi connectivity index (χ3v) is 8.22. The van der Waals surface area contributed by atoms with Crippen LogP contribution in [0.25, 0.3) is 15.9 Å². The first kappa shape index (κ1) is 20.5. The molecule has 2 heterocycles. The molecule has 5 rings (SSSR count). The maximum absolute atomic E-state index is 13.7. The van der Waals surface area contributed by atoms with Crippen molar-refractivity contribution in [1.29, 1.82) is 5.26 Å². The van der Waals surface area contributed by atoms with Gasteiger partial charge in [-0.3, -0.25) is 9.36 Å². The van der Waals surface area contributed by atoms with E-state index in [-0.39, 0.29) is 5.56 Å². The van der Waals surface area contributed by atoms with E-state index in [1.165, 1.54) is 16.9 Å². The predicted octanol–water partition coefficient (Wildman–Crippen LogP) is 6.25. The van der Waals surface area contributed by atoms with Crippen molar-refractivity contribution in [3.63, 3.8) is 0 Å². The Hall–Kier alpha value is -2.40. The van der Waals surface area contributed by atoms with Crippen LogP contribution in [-0.4, -0.2) is 9.55 Å². The summed E-state index contributed by atoms with van der Waals surface area (Å²) < 4.78 is 2.73. The SMILES string of the molecule is N#Cc1ccc(CSc2nc3sc4c(c3c(=O)n2-c2ccc(Br)cc2)CCCC4)cc1. The van der Waals surface area contributed by atoms with Crippen LogP contribution in [0, 0.1) is 11.3 Å². The van der Waals surface area contributed by atoms with E-state index in [0.717, 1.165) is 45.2 Å². The van der Waals surface area contributed by atoms with Gasteiger partial charge in [0.1, 0.15) is 4.83 Å². The van der Waals surface area contributed by atoms with Crippen molar-refractivity contribution >= 4 is 49.2 Å². The van der Waals surface area contributed by atoms with E-state index in [4.69, 9.17) is 10.2 Å². The van der Waals surface area contributed by atoms with E-state index in [2.05, 4.69) is 22.0 Å². The molecule has 0 saturated carbocycles. The van der Waals surface area contributed by atoms with E-state index >= 15 is 0 Å². The van der Waals surface area contributed by atoms with Crippen molar-refractivity contribution in [2.45, 2.75) is 36.6 Å². The van der Waals surface area contributed by atoms with Crippen LogP contribution in [-0.2, 0) is 18.6 Å². The van der Waals surface area contributed by atoms with Gasteiger partial charge in [0.05, 0.1) is 22.7 Å². The highest BCUT2D eigenvalue weighted by atomic mass is 79.9. The number of nitrogens with zero attached hydrogens (tertiary/aromatic N) is 3. The Balaban J connectivity index is 1.62. The lowest BCUT2D eigenvalue weighted by Gasteiger charge is -2.14. The fourth-order valence-electron chi connectivity index (χ4n) is 3.92. The molecule has 154 valence electrons. The molecule has 0 spiro atoms. The minimum absolute atomic E-state index is 0.0223. The topological polar surface area (TPSA) is 58.7 Å². The maximum Gasteiger partial charge on any atom is 0.267 e. The lowest BCUT2D eigenvalue weighted by molar-refractivity contribution is 0.699. The lowest BCUT2D eigenvalue weighted by atomic mass is 9.97. The molecule has 0 radical (unpaired) electrons. The number of benzene rings is 2. The smallest absolute Gasteiger partial charge is 0.267 e. The molecular weight excluding hydrogens is 490 g/mol. The largest absolute Gasteiger partial charge is 0.268 e. The van der Waals surface area contributed by atoms with Crippen molar-refractivity contribution < 1.29 is 0 Å². The highest BCUT2D eigenvalue weighted by molar-refractivity contribution is 9.10. The van der Waals surface area contributed by atoms with Crippen LogP contribution in [0.2, 0.25) is 0 Å². The van der Waals surface area contributed by atoms with Gasteiger partial charge in [-0.1, -0.05) is 39.8 Å². The van der Waals surface area contributed by atoms with Gasteiger partial charge in [0, 0.05) is 15.1 Å². The van der Waals surface area contributed by atoms with Gasteiger partial charge in [0.25, 0.3) is 5.56 Å². The molecule has 1 aliphatic carbocycles. The Labute approximate surface area is 196 Å². The molecule has 0 aliphatic heterocycles. The summed E-state index contributed by atoms with van der Waals surface area (Å²) in [6, 6.07) is 17.5. The van der Waals surface area contributed by atoms with Gasteiger partial charge < -0.3 is 0 Å². The third kappa shape index (κ3) is 3.96. The molecule has 1 aliphatic rings. The van der Waals surface area contributed by atoms with E-state index in [9.17, 15) is 4.79 Å². The summed E-state index contributed by atoms with van der Waals surface area (Å²) in [6.45, 7) is 0. The summed E-state index contributed by atoms with van der Waals surface area (Å²) in [4.78, 5) is 20.9. The molecule has 0 unspecified atom stereocenters. The predicted molar refractivity (Wildman–Crippen MR) is 130 cm³/mol. The fourth-order valence-corrected chi connectivity index (χ4v) is 6.46. The molecule has 0 atom stereocenters. The van der Waals surface area contributed by atoms with Crippen LogP contribution >= 0.6 is 39.0 Å².